The third kappa shape index (κ3) is 4.58. The van der Waals surface area contributed by atoms with Crippen molar-refractivity contribution in [3.63, 3.8) is 0 Å². The third-order valence-electron chi connectivity index (χ3n) is 2.99. The van der Waals surface area contributed by atoms with E-state index in [4.69, 9.17) is 5.11 Å². The molecular formula is C14H18N2O2S. The highest BCUT2D eigenvalue weighted by Crippen LogP contribution is 2.18. The van der Waals surface area contributed by atoms with Gasteiger partial charge in [-0.25, -0.2) is 4.79 Å². The summed E-state index contributed by atoms with van der Waals surface area (Å²) in [7, 11) is 0. The number of nitrogens with one attached hydrogen (secondary N) is 2. The Morgan fingerprint density at radius 1 is 1.53 bits per heavy atom. The van der Waals surface area contributed by atoms with Crippen LogP contribution >= 0.6 is 11.3 Å². The van der Waals surface area contributed by atoms with E-state index in [1.165, 1.54) is 6.42 Å². The fourth-order valence-electron chi connectivity index (χ4n) is 1.72. The molecule has 19 heavy (non-hydrogen) atoms. The standard InChI is InChI=1S/C14H18N2O2S/c17-7-2-1-4-11-8-13(19-10-11)9-15-14(18)16-12-5-3-6-12/h8,10,12,17H,2-3,5-7,9H2,(H2,15,16,18). The highest BCUT2D eigenvalue weighted by atomic mass is 32.1. The predicted molar refractivity (Wildman–Crippen MR) is 75.9 cm³/mol. The zero-order chi connectivity index (χ0) is 13.5. The summed E-state index contributed by atoms with van der Waals surface area (Å²) in [6, 6.07) is 2.24. The predicted octanol–water partition coefficient (Wildman–Crippen LogP) is 1.83. The molecular weight excluding hydrogens is 260 g/mol. The Hall–Kier alpha value is -1.51. The Kier molecular flexibility index (Phi) is 5.25. The average Bonchev–Trinajstić information content (AvgIpc) is 2.80. The van der Waals surface area contributed by atoms with Crippen LogP contribution in [-0.2, 0) is 6.54 Å². The molecule has 3 N–H and O–H groups in total. The Morgan fingerprint density at radius 3 is 3.05 bits per heavy atom. The van der Waals surface area contributed by atoms with Gasteiger partial charge in [0.05, 0.1) is 13.2 Å². The van der Waals surface area contributed by atoms with Gasteiger partial charge in [-0.05, 0) is 25.3 Å². The molecule has 0 spiro atoms. The van der Waals surface area contributed by atoms with Crippen LogP contribution in [0.15, 0.2) is 11.4 Å². The summed E-state index contributed by atoms with van der Waals surface area (Å²) in [5, 5.41) is 16.4. The number of rotatable bonds is 4. The monoisotopic (exact) mass is 278 g/mol. The van der Waals surface area contributed by atoms with Crippen molar-refractivity contribution >= 4 is 17.4 Å². The van der Waals surface area contributed by atoms with Gasteiger partial charge in [0.1, 0.15) is 0 Å². The summed E-state index contributed by atoms with van der Waals surface area (Å²) < 4.78 is 0. The normalized spacial score (nSPS) is 14.2. The molecule has 4 nitrogen and oxygen atoms in total. The minimum absolute atomic E-state index is 0.0902. The van der Waals surface area contributed by atoms with Crippen molar-refractivity contribution in [1.82, 2.24) is 10.6 Å². The Balaban J connectivity index is 1.73. The summed E-state index contributed by atoms with van der Waals surface area (Å²) in [4.78, 5) is 12.6. The number of amides is 2. The summed E-state index contributed by atoms with van der Waals surface area (Å²) in [5.74, 6) is 5.85. The second kappa shape index (κ2) is 7.17. The van der Waals surface area contributed by atoms with Crippen LogP contribution in [0.5, 0.6) is 0 Å². The van der Waals surface area contributed by atoms with Crippen molar-refractivity contribution < 1.29 is 9.90 Å². The van der Waals surface area contributed by atoms with E-state index in [9.17, 15) is 4.79 Å². The lowest BCUT2D eigenvalue weighted by molar-refractivity contribution is 0.228. The summed E-state index contributed by atoms with van der Waals surface area (Å²) in [6.07, 6.45) is 3.90. The molecule has 2 amide bonds. The lowest BCUT2D eigenvalue weighted by atomic mass is 9.93. The number of carbonyl (C=O) groups is 1. The van der Waals surface area contributed by atoms with E-state index >= 15 is 0 Å². The molecule has 0 bridgehead atoms. The number of urea groups is 1. The summed E-state index contributed by atoms with van der Waals surface area (Å²) in [5.41, 5.74) is 0.939. The lowest BCUT2D eigenvalue weighted by Crippen LogP contribution is -2.44. The first-order chi connectivity index (χ1) is 9.28. The van der Waals surface area contributed by atoms with Gasteiger partial charge in [0, 0.05) is 28.3 Å². The molecule has 0 unspecified atom stereocenters. The van der Waals surface area contributed by atoms with E-state index in [-0.39, 0.29) is 12.6 Å². The van der Waals surface area contributed by atoms with E-state index < -0.39 is 0 Å². The third-order valence-corrected chi connectivity index (χ3v) is 3.92. The second-order valence-corrected chi connectivity index (χ2v) is 5.53. The highest BCUT2D eigenvalue weighted by Gasteiger charge is 2.18. The average molecular weight is 278 g/mol. The van der Waals surface area contributed by atoms with Crippen LogP contribution in [0.25, 0.3) is 0 Å². The van der Waals surface area contributed by atoms with Crippen molar-refractivity contribution in [2.75, 3.05) is 6.61 Å². The van der Waals surface area contributed by atoms with E-state index in [1.807, 2.05) is 11.4 Å². The van der Waals surface area contributed by atoms with Crippen LogP contribution in [0.3, 0.4) is 0 Å². The number of hydrogen-bond donors (Lipinski definition) is 3. The van der Waals surface area contributed by atoms with Crippen LogP contribution in [-0.4, -0.2) is 23.8 Å². The van der Waals surface area contributed by atoms with Gasteiger partial charge >= 0.3 is 6.03 Å². The van der Waals surface area contributed by atoms with Crippen molar-refractivity contribution in [2.24, 2.45) is 0 Å². The molecule has 5 heteroatoms. The quantitative estimate of drug-likeness (QED) is 0.736. The van der Waals surface area contributed by atoms with Gasteiger partial charge in [0.15, 0.2) is 0 Å². The fraction of sp³-hybridized carbons (Fsp3) is 0.500. The van der Waals surface area contributed by atoms with Gasteiger partial charge in [0.25, 0.3) is 0 Å². The molecule has 102 valence electrons. The molecule has 0 radical (unpaired) electrons. The van der Waals surface area contributed by atoms with Crippen molar-refractivity contribution in [3.8, 4) is 11.8 Å². The minimum atomic E-state index is -0.0917. The van der Waals surface area contributed by atoms with E-state index in [1.54, 1.807) is 11.3 Å². The largest absolute Gasteiger partial charge is 0.395 e. The van der Waals surface area contributed by atoms with E-state index in [0.29, 0.717) is 19.0 Å². The van der Waals surface area contributed by atoms with E-state index in [0.717, 1.165) is 23.3 Å². The molecule has 1 aliphatic rings. The molecule has 1 aromatic heterocycles. The van der Waals surface area contributed by atoms with Gasteiger partial charge in [-0.3, -0.25) is 0 Å². The SMILES string of the molecule is O=C(NCc1cc(C#CCCO)cs1)NC1CCC1. The molecule has 1 aromatic rings. The maximum atomic E-state index is 11.6. The second-order valence-electron chi connectivity index (χ2n) is 4.53. The van der Waals surface area contributed by atoms with Crippen molar-refractivity contribution in [1.29, 1.82) is 0 Å². The molecule has 0 saturated heterocycles. The Bertz CT molecular complexity index is 483. The number of hydrogen-bond acceptors (Lipinski definition) is 3. The first kappa shape index (κ1) is 13.9. The molecule has 1 aliphatic carbocycles. The van der Waals surface area contributed by atoms with Crippen molar-refractivity contribution in [3.05, 3.63) is 21.9 Å². The van der Waals surface area contributed by atoms with Gasteiger partial charge in [-0.15, -0.1) is 11.3 Å². The topological polar surface area (TPSA) is 61.4 Å². The number of aliphatic hydroxyl groups is 1. The molecule has 1 saturated carbocycles. The van der Waals surface area contributed by atoms with Gasteiger partial charge in [-0.1, -0.05) is 11.8 Å². The lowest BCUT2D eigenvalue weighted by Gasteiger charge is -2.26. The minimum Gasteiger partial charge on any atom is -0.395 e. The smallest absolute Gasteiger partial charge is 0.315 e. The maximum Gasteiger partial charge on any atom is 0.315 e. The van der Waals surface area contributed by atoms with Crippen molar-refractivity contribution in [2.45, 2.75) is 38.3 Å². The number of aliphatic hydroxyl groups excluding tert-OH is 1. The zero-order valence-corrected chi connectivity index (χ0v) is 11.6. The molecule has 1 fully saturated rings. The maximum absolute atomic E-state index is 11.6. The molecule has 0 atom stereocenters. The number of thiophene rings is 1. The van der Waals surface area contributed by atoms with Crippen LogP contribution in [0.2, 0.25) is 0 Å². The fourth-order valence-corrected chi connectivity index (χ4v) is 2.47. The first-order valence-electron chi connectivity index (χ1n) is 6.49. The molecule has 1 heterocycles. The van der Waals surface area contributed by atoms with Crippen LogP contribution < -0.4 is 10.6 Å². The summed E-state index contributed by atoms with van der Waals surface area (Å²) >= 11 is 1.58. The summed E-state index contributed by atoms with van der Waals surface area (Å²) in [6.45, 7) is 0.623. The zero-order valence-electron chi connectivity index (χ0n) is 10.7. The highest BCUT2D eigenvalue weighted by molar-refractivity contribution is 7.10. The van der Waals surface area contributed by atoms with E-state index in [2.05, 4.69) is 22.5 Å². The number of carbonyl (C=O) groups excluding carboxylic acids is 1. The van der Waals surface area contributed by atoms with Crippen LogP contribution in [0.4, 0.5) is 4.79 Å². The Morgan fingerprint density at radius 2 is 2.37 bits per heavy atom. The van der Waals surface area contributed by atoms with Gasteiger partial charge < -0.3 is 15.7 Å². The molecule has 2 rings (SSSR count). The van der Waals surface area contributed by atoms with Crippen LogP contribution in [0, 0.1) is 11.8 Å². The van der Waals surface area contributed by atoms with Gasteiger partial charge in [0.2, 0.25) is 0 Å². The molecule has 0 aromatic carbocycles. The van der Waals surface area contributed by atoms with Gasteiger partial charge in [-0.2, -0.15) is 0 Å². The Labute approximate surface area is 117 Å². The first-order valence-corrected chi connectivity index (χ1v) is 7.37. The molecule has 0 aliphatic heterocycles. The van der Waals surface area contributed by atoms with Crippen LogP contribution in [0.1, 0.15) is 36.1 Å².